The van der Waals surface area contributed by atoms with Gasteiger partial charge >= 0.3 is 5.97 Å². The Kier molecular flexibility index (Phi) is 3.45. The second-order valence-corrected chi connectivity index (χ2v) is 7.39. The molecule has 0 N–H and O–H groups in total. The predicted octanol–water partition coefficient (Wildman–Crippen LogP) is 3.21. The number of ether oxygens (including phenoxy) is 3. The average Bonchev–Trinajstić information content (AvgIpc) is 2.98. The van der Waals surface area contributed by atoms with Crippen molar-refractivity contribution in [1.82, 2.24) is 0 Å². The molecular formula is C17H26O4. The molecule has 4 nitrogen and oxygen atoms in total. The van der Waals surface area contributed by atoms with Crippen LogP contribution in [0.5, 0.6) is 0 Å². The van der Waals surface area contributed by atoms with Crippen LogP contribution in [0.3, 0.4) is 0 Å². The Bertz CT molecular complexity index is 465. The lowest BCUT2D eigenvalue weighted by molar-refractivity contribution is -0.159. The van der Waals surface area contributed by atoms with E-state index in [1.165, 1.54) is 5.57 Å². The van der Waals surface area contributed by atoms with E-state index in [0.717, 1.165) is 31.3 Å². The number of carbonyl (C=O) groups is 1. The van der Waals surface area contributed by atoms with Gasteiger partial charge in [-0.3, -0.25) is 0 Å². The minimum absolute atomic E-state index is 0.139. The summed E-state index contributed by atoms with van der Waals surface area (Å²) in [7, 11) is 0. The second-order valence-electron chi connectivity index (χ2n) is 7.39. The summed E-state index contributed by atoms with van der Waals surface area (Å²) in [6.07, 6.45) is 3.75. The van der Waals surface area contributed by atoms with Gasteiger partial charge in [-0.15, -0.1) is 0 Å². The number of esters is 1. The lowest BCUT2D eigenvalue weighted by Gasteiger charge is -2.32. The lowest BCUT2D eigenvalue weighted by atomic mass is 9.71. The Hall–Kier alpha value is -0.870. The number of carbonyl (C=O) groups excluding carboxylic acids is 1. The van der Waals surface area contributed by atoms with Crippen molar-refractivity contribution in [3.05, 3.63) is 11.1 Å². The Morgan fingerprint density at radius 2 is 1.67 bits per heavy atom. The molecule has 0 aromatic carbocycles. The number of fused-ring (bicyclic) bond motifs is 1. The number of rotatable bonds is 2. The molecular weight excluding hydrogens is 268 g/mol. The highest BCUT2D eigenvalue weighted by atomic mass is 16.7. The van der Waals surface area contributed by atoms with Gasteiger partial charge in [0.05, 0.1) is 19.8 Å². The molecule has 1 spiro atoms. The van der Waals surface area contributed by atoms with Crippen molar-refractivity contribution in [3.63, 3.8) is 0 Å². The molecule has 0 aromatic heterocycles. The highest BCUT2D eigenvalue weighted by Crippen LogP contribution is 2.68. The van der Waals surface area contributed by atoms with E-state index in [9.17, 15) is 4.79 Å². The first-order valence-electron chi connectivity index (χ1n) is 7.97. The smallest absolute Gasteiger partial charge is 0.333 e. The van der Waals surface area contributed by atoms with Crippen LogP contribution in [0.15, 0.2) is 11.1 Å². The van der Waals surface area contributed by atoms with E-state index >= 15 is 0 Å². The van der Waals surface area contributed by atoms with Crippen LogP contribution < -0.4 is 0 Å². The molecule has 2 aliphatic carbocycles. The lowest BCUT2D eigenvalue weighted by Crippen LogP contribution is -2.28. The molecule has 0 unspecified atom stereocenters. The summed E-state index contributed by atoms with van der Waals surface area (Å²) in [6.45, 7) is 10.2. The minimum Gasteiger partial charge on any atom is -0.463 e. The van der Waals surface area contributed by atoms with Crippen LogP contribution in [0, 0.1) is 10.8 Å². The molecule has 1 aliphatic heterocycles. The fourth-order valence-electron chi connectivity index (χ4n) is 4.58. The second kappa shape index (κ2) is 4.82. The molecule has 2 atom stereocenters. The van der Waals surface area contributed by atoms with Gasteiger partial charge in [0, 0.05) is 18.4 Å². The van der Waals surface area contributed by atoms with Gasteiger partial charge in [0.25, 0.3) is 0 Å². The summed E-state index contributed by atoms with van der Waals surface area (Å²) in [5.41, 5.74) is 2.34. The van der Waals surface area contributed by atoms with Gasteiger partial charge in [-0.25, -0.2) is 4.79 Å². The van der Waals surface area contributed by atoms with Gasteiger partial charge < -0.3 is 14.2 Å². The molecule has 1 heterocycles. The van der Waals surface area contributed by atoms with E-state index in [4.69, 9.17) is 14.2 Å². The van der Waals surface area contributed by atoms with Crippen molar-refractivity contribution in [2.45, 2.75) is 59.2 Å². The summed E-state index contributed by atoms with van der Waals surface area (Å²) in [4.78, 5) is 12.0. The molecule has 2 saturated carbocycles. The standard InChI is InChI=1S/C17H26O4/c1-5-19-14(18)12(2)13-8-15(3)10-17(20-6-7-21-17)11-16(15,4)9-13/h5-11H2,1-4H3/t15-,16+. The van der Waals surface area contributed by atoms with Crippen molar-refractivity contribution in [3.8, 4) is 0 Å². The molecule has 3 fully saturated rings. The van der Waals surface area contributed by atoms with Gasteiger partial charge in [-0.2, -0.15) is 0 Å². The zero-order chi connectivity index (χ0) is 15.3. The maximum absolute atomic E-state index is 12.0. The van der Waals surface area contributed by atoms with Crippen LogP contribution in [-0.2, 0) is 19.0 Å². The Morgan fingerprint density at radius 3 is 2.14 bits per heavy atom. The summed E-state index contributed by atoms with van der Waals surface area (Å²) in [6, 6.07) is 0. The van der Waals surface area contributed by atoms with Gasteiger partial charge in [-0.05, 0) is 37.5 Å². The topological polar surface area (TPSA) is 44.8 Å². The predicted molar refractivity (Wildman–Crippen MR) is 78.7 cm³/mol. The normalized spacial score (nSPS) is 39.6. The molecule has 118 valence electrons. The number of allylic oxidation sites excluding steroid dienone is 1. The largest absolute Gasteiger partial charge is 0.463 e. The maximum Gasteiger partial charge on any atom is 0.333 e. The molecule has 0 amide bonds. The monoisotopic (exact) mass is 294 g/mol. The first kappa shape index (κ1) is 15.0. The highest BCUT2D eigenvalue weighted by Gasteiger charge is 2.64. The van der Waals surface area contributed by atoms with E-state index in [1.54, 1.807) is 0 Å². The summed E-state index contributed by atoms with van der Waals surface area (Å²) in [5.74, 6) is -0.532. The van der Waals surface area contributed by atoms with Crippen LogP contribution in [0.4, 0.5) is 0 Å². The van der Waals surface area contributed by atoms with E-state index in [-0.39, 0.29) is 22.6 Å². The van der Waals surface area contributed by atoms with Crippen molar-refractivity contribution in [2.24, 2.45) is 10.8 Å². The maximum atomic E-state index is 12.0. The van der Waals surface area contributed by atoms with Crippen molar-refractivity contribution in [1.29, 1.82) is 0 Å². The summed E-state index contributed by atoms with van der Waals surface area (Å²) >= 11 is 0. The van der Waals surface area contributed by atoms with Crippen LogP contribution in [-0.4, -0.2) is 31.6 Å². The van der Waals surface area contributed by atoms with Crippen LogP contribution >= 0.6 is 0 Å². The molecule has 1 saturated heterocycles. The Labute approximate surface area is 126 Å². The van der Waals surface area contributed by atoms with E-state index in [0.29, 0.717) is 19.8 Å². The Morgan fingerprint density at radius 1 is 1.14 bits per heavy atom. The third kappa shape index (κ3) is 2.23. The molecule has 0 bridgehead atoms. The number of hydrogen-bond acceptors (Lipinski definition) is 4. The molecule has 21 heavy (non-hydrogen) atoms. The summed E-state index contributed by atoms with van der Waals surface area (Å²) < 4.78 is 17.0. The van der Waals surface area contributed by atoms with Gasteiger partial charge in [0.1, 0.15) is 0 Å². The fourth-order valence-corrected chi connectivity index (χ4v) is 4.58. The van der Waals surface area contributed by atoms with E-state index in [1.807, 2.05) is 13.8 Å². The Balaban J connectivity index is 1.84. The van der Waals surface area contributed by atoms with E-state index in [2.05, 4.69) is 13.8 Å². The van der Waals surface area contributed by atoms with Crippen LogP contribution in [0.1, 0.15) is 53.4 Å². The molecule has 4 heteroatoms. The van der Waals surface area contributed by atoms with Crippen molar-refractivity contribution in [2.75, 3.05) is 19.8 Å². The molecule has 3 rings (SSSR count). The zero-order valence-corrected chi connectivity index (χ0v) is 13.6. The molecule has 3 aliphatic rings. The zero-order valence-electron chi connectivity index (χ0n) is 13.6. The number of hydrogen-bond donors (Lipinski definition) is 0. The first-order chi connectivity index (χ1) is 9.83. The van der Waals surface area contributed by atoms with Gasteiger partial charge in [0.2, 0.25) is 0 Å². The van der Waals surface area contributed by atoms with Crippen LogP contribution in [0.25, 0.3) is 0 Å². The fraction of sp³-hybridized carbons (Fsp3) is 0.824. The quantitative estimate of drug-likeness (QED) is 0.579. The van der Waals surface area contributed by atoms with Crippen molar-refractivity contribution < 1.29 is 19.0 Å². The van der Waals surface area contributed by atoms with Gasteiger partial charge in [-0.1, -0.05) is 19.4 Å². The SMILES string of the molecule is CCOC(=O)C(C)=C1C[C@@]2(C)CC3(C[C@@]2(C)C1)OCCO3. The third-order valence-electron chi connectivity index (χ3n) is 5.91. The summed E-state index contributed by atoms with van der Waals surface area (Å²) in [5, 5.41) is 0. The van der Waals surface area contributed by atoms with Crippen LogP contribution in [0.2, 0.25) is 0 Å². The molecule has 0 radical (unpaired) electrons. The highest BCUT2D eigenvalue weighted by molar-refractivity contribution is 5.88. The average molecular weight is 294 g/mol. The molecule has 0 aromatic rings. The first-order valence-corrected chi connectivity index (χ1v) is 7.97. The third-order valence-corrected chi connectivity index (χ3v) is 5.91. The van der Waals surface area contributed by atoms with Crippen molar-refractivity contribution >= 4 is 5.97 Å². The van der Waals surface area contributed by atoms with E-state index < -0.39 is 0 Å². The van der Waals surface area contributed by atoms with Gasteiger partial charge in [0.15, 0.2) is 5.79 Å². The minimum atomic E-state index is -0.368.